The molecule has 0 fully saturated rings. The second kappa shape index (κ2) is 3.23. The quantitative estimate of drug-likeness (QED) is 0.661. The van der Waals surface area contributed by atoms with Crippen LogP contribution in [-0.4, -0.2) is 10.3 Å². The van der Waals surface area contributed by atoms with Crippen LogP contribution >= 0.6 is 0 Å². The number of rotatable bonds is 2. The molecule has 1 rings (SSSR count). The van der Waals surface area contributed by atoms with Crippen molar-refractivity contribution in [1.82, 2.24) is 5.16 Å². The summed E-state index contributed by atoms with van der Waals surface area (Å²) < 4.78 is 4.85. The fourth-order valence-electron chi connectivity index (χ4n) is 0.833. The van der Waals surface area contributed by atoms with Gasteiger partial charge in [-0.3, -0.25) is 0 Å². The summed E-state index contributed by atoms with van der Waals surface area (Å²) in [6.07, 6.45) is 1.73. The Labute approximate surface area is 65.3 Å². The Morgan fingerprint density at radius 2 is 2.55 bits per heavy atom. The van der Waals surface area contributed by atoms with Gasteiger partial charge >= 0.3 is 0 Å². The number of aryl methyl sites for hydroxylation is 1. The fourth-order valence-corrected chi connectivity index (χ4v) is 0.833. The van der Waals surface area contributed by atoms with Crippen molar-refractivity contribution in [3.05, 3.63) is 29.4 Å². The summed E-state index contributed by atoms with van der Waals surface area (Å²) in [5, 5.41) is 12.4. The summed E-state index contributed by atoms with van der Waals surface area (Å²) in [6.45, 7) is 3.68. The topological polar surface area (TPSA) is 46.3 Å². The van der Waals surface area contributed by atoms with Crippen LogP contribution in [0.3, 0.4) is 0 Å². The largest absolute Gasteiger partial charge is 0.516 e. The van der Waals surface area contributed by atoms with E-state index < -0.39 is 0 Å². The van der Waals surface area contributed by atoms with Crippen molar-refractivity contribution in [2.24, 2.45) is 0 Å². The molecule has 0 aliphatic rings. The molecule has 0 radical (unpaired) electrons. The zero-order valence-corrected chi connectivity index (χ0v) is 6.66. The fraction of sp³-hybridized carbons (Fsp3) is 0.375. The Bertz CT molecular complexity index is 263. The number of aromatic nitrogens is 1. The summed E-state index contributed by atoms with van der Waals surface area (Å²) in [5.41, 5.74) is 1.73. The maximum Gasteiger partial charge on any atom is 0.133 e. The third kappa shape index (κ3) is 2.11. The lowest BCUT2D eigenvalue weighted by atomic mass is 10.2. The maximum atomic E-state index is 8.58. The average molecular weight is 153 g/mol. The van der Waals surface area contributed by atoms with Gasteiger partial charge in [-0.25, -0.2) is 0 Å². The lowest BCUT2D eigenvalue weighted by Crippen LogP contribution is -1.85. The summed E-state index contributed by atoms with van der Waals surface area (Å²) in [5.74, 6) is 0.797. The first-order valence-electron chi connectivity index (χ1n) is 3.44. The van der Waals surface area contributed by atoms with Gasteiger partial charge in [-0.05, 0) is 19.4 Å². The number of aliphatic hydroxyl groups is 1. The Morgan fingerprint density at radius 3 is 3.00 bits per heavy atom. The molecule has 0 spiro atoms. The van der Waals surface area contributed by atoms with Crippen molar-refractivity contribution < 1.29 is 9.63 Å². The molecule has 0 amide bonds. The van der Waals surface area contributed by atoms with Gasteiger partial charge in [0.2, 0.25) is 0 Å². The van der Waals surface area contributed by atoms with Crippen molar-refractivity contribution in [1.29, 1.82) is 0 Å². The van der Waals surface area contributed by atoms with Gasteiger partial charge in [-0.15, -0.1) is 0 Å². The summed E-state index contributed by atoms with van der Waals surface area (Å²) in [4.78, 5) is 0. The van der Waals surface area contributed by atoms with E-state index in [1.165, 1.54) is 0 Å². The standard InChI is InChI=1S/C8H11NO2/c1-6(5-10)3-8-4-7(2)11-9-8/h4-5,10H,3H2,1-2H3. The molecule has 0 saturated carbocycles. The van der Waals surface area contributed by atoms with Gasteiger partial charge in [0.25, 0.3) is 0 Å². The molecule has 0 saturated heterocycles. The average Bonchev–Trinajstić information content (AvgIpc) is 2.35. The molecule has 1 N–H and O–H groups in total. The monoisotopic (exact) mass is 153 g/mol. The van der Waals surface area contributed by atoms with Gasteiger partial charge in [0.15, 0.2) is 0 Å². The van der Waals surface area contributed by atoms with E-state index in [0.29, 0.717) is 6.42 Å². The van der Waals surface area contributed by atoms with Crippen LogP contribution in [0.4, 0.5) is 0 Å². The number of nitrogens with zero attached hydrogens (tertiary/aromatic N) is 1. The van der Waals surface area contributed by atoms with Crippen LogP contribution < -0.4 is 0 Å². The second-order valence-corrected chi connectivity index (χ2v) is 2.58. The predicted octanol–water partition coefficient (Wildman–Crippen LogP) is 1.99. The van der Waals surface area contributed by atoms with E-state index in [1.807, 2.05) is 19.9 Å². The van der Waals surface area contributed by atoms with Crippen molar-refractivity contribution >= 4 is 0 Å². The minimum atomic E-state index is 0.647. The molecule has 60 valence electrons. The maximum absolute atomic E-state index is 8.58. The van der Waals surface area contributed by atoms with Crippen molar-refractivity contribution in [2.75, 3.05) is 0 Å². The van der Waals surface area contributed by atoms with Crippen molar-refractivity contribution in [2.45, 2.75) is 20.3 Å². The third-order valence-corrected chi connectivity index (χ3v) is 1.36. The highest BCUT2D eigenvalue weighted by molar-refractivity contribution is 5.11. The van der Waals surface area contributed by atoms with E-state index in [0.717, 1.165) is 23.3 Å². The second-order valence-electron chi connectivity index (χ2n) is 2.58. The van der Waals surface area contributed by atoms with Crippen LogP contribution in [0.5, 0.6) is 0 Å². The van der Waals surface area contributed by atoms with Gasteiger partial charge in [0.1, 0.15) is 5.76 Å². The Balaban J connectivity index is 2.65. The Kier molecular flexibility index (Phi) is 2.31. The van der Waals surface area contributed by atoms with Gasteiger partial charge in [0, 0.05) is 12.5 Å². The zero-order valence-electron chi connectivity index (χ0n) is 6.66. The molecule has 0 unspecified atom stereocenters. The molecule has 0 aromatic carbocycles. The van der Waals surface area contributed by atoms with Gasteiger partial charge in [-0.2, -0.15) is 0 Å². The Morgan fingerprint density at radius 1 is 1.82 bits per heavy atom. The molecule has 3 heteroatoms. The first-order valence-corrected chi connectivity index (χ1v) is 3.44. The molecular formula is C8H11NO2. The molecule has 0 bridgehead atoms. The molecule has 11 heavy (non-hydrogen) atoms. The van der Waals surface area contributed by atoms with Crippen LogP contribution in [0.15, 0.2) is 22.4 Å². The van der Waals surface area contributed by atoms with E-state index in [4.69, 9.17) is 9.63 Å². The third-order valence-electron chi connectivity index (χ3n) is 1.36. The molecular weight excluding hydrogens is 142 g/mol. The SMILES string of the molecule is CC(=CO)Cc1cc(C)on1. The van der Waals surface area contributed by atoms with Crippen molar-refractivity contribution in [3.8, 4) is 0 Å². The summed E-state index contributed by atoms with van der Waals surface area (Å²) in [7, 11) is 0. The smallest absolute Gasteiger partial charge is 0.133 e. The number of hydrogen-bond acceptors (Lipinski definition) is 3. The highest BCUT2D eigenvalue weighted by Crippen LogP contribution is 2.06. The lowest BCUT2D eigenvalue weighted by Gasteiger charge is -1.91. The molecule has 1 aromatic rings. The van der Waals surface area contributed by atoms with E-state index >= 15 is 0 Å². The summed E-state index contributed by atoms with van der Waals surface area (Å²) in [6, 6.07) is 1.85. The van der Waals surface area contributed by atoms with E-state index in [1.54, 1.807) is 0 Å². The van der Waals surface area contributed by atoms with E-state index in [9.17, 15) is 0 Å². The van der Waals surface area contributed by atoms with Crippen LogP contribution in [0, 0.1) is 6.92 Å². The number of hydrogen-bond donors (Lipinski definition) is 1. The van der Waals surface area contributed by atoms with E-state index in [-0.39, 0.29) is 0 Å². The molecule has 3 nitrogen and oxygen atoms in total. The van der Waals surface area contributed by atoms with Crippen LogP contribution in [-0.2, 0) is 6.42 Å². The first kappa shape index (κ1) is 7.85. The lowest BCUT2D eigenvalue weighted by molar-refractivity contribution is 0.391. The zero-order chi connectivity index (χ0) is 8.27. The van der Waals surface area contributed by atoms with Crippen LogP contribution in [0.1, 0.15) is 18.4 Å². The van der Waals surface area contributed by atoms with Crippen LogP contribution in [0.25, 0.3) is 0 Å². The minimum absolute atomic E-state index is 0.647. The minimum Gasteiger partial charge on any atom is -0.516 e. The highest BCUT2D eigenvalue weighted by atomic mass is 16.5. The van der Waals surface area contributed by atoms with Crippen LogP contribution in [0.2, 0.25) is 0 Å². The number of allylic oxidation sites excluding steroid dienone is 1. The van der Waals surface area contributed by atoms with Gasteiger partial charge in [-0.1, -0.05) is 5.16 Å². The molecule has 0 atom stereocenters. The molecule has 0 aliphatic heterocycles. The number of aliphatic hydroxyl groups excluding tert-OH is 1. The van der Waals surface area contributed by atoms with Gasteiger partial charge < -0.3 is 9.63 Å². The summed E-state index contributed by atoms with van der Waals surface area (Å²) >= 11 is 0. The van der Waals surface area contributed by atoms with Crippen molar-refractivity contribution in [3.63, 3.8) is 0 Å². The van der Waals surface area contributed by atoms with E-state index in [2.05, 4.69) is 5.16 Å². The predicted molar refractivity (Wildman–Crippen MR) is 41.3 cm³/mol. The molecule has 0 aliphatic carbocycles. The molecule has 1 aromatic heterocycles. The Hall–Kier alpha value is -1.25. The molecule has 1 heterocycles. The van der Waals surface area contributed by atoms with Gasteiger partial charge in [0.05, 0.1) is 12.0 Å². The normalized spacial score (nSPS) is 12.0. The highest BCUT2D eigenvalue weighted by Gasteiger charge is 2.00. The first-order chi connectivity index (χ1) is 5.22.